The number of nitrogens with one attached hydrogen (secondary N) is 1. The van der Waals surface area contributed by atoms with E-state index in [0.29, 0.717) is 6.42 Å². The molecule has 2 heterocycles. The molecular weight excluding hydrogens is 350 g/mol. The summed E-state index contributed by atoms with van der Waals surface area (Å²) in [6.07, 6.45) is 4.05. The van der Waals surface area contributed by atoms with Crippen molar-refractivity contribution in [3.63, 3.8) is 0 Å². The van der Waals surface area contributed by atoms with Crippen molar-refractivity contribution in [3.8, 4) is 0 Å². The fourth-order valence-electron chi connectivity index (χ4n) is 1.67. The van der Waals surface area contributed by atoms with Crippen LogP contribution in [0.25, 0.3) is 0 Å². The molecule has 0 aliphatic rings. The SMILES string of the molecule is Cn1cc(CCNS(=O)(=O)c2cc(CO)oc2Br)cn1. The number of rotatable bonds is 6. The second-order valence-electron chi connectivity index (χ2n) is 4.18. The second kappa shape index (κ2) is 6.08. The number of hydrogen-bond acceptors (Lipinski definition) is 5. The molecule has 7 nitrogen and oxygen atoms in total. The van der Waals surface area contributed by atoms with E-state index in [9.17, 15) is 8.42 Å². The molecule has 0 saturated heterocycles. The van der Waals surface area contributed by atoms with Gasteiger partial charge in [0.2, 0.25) is 10.0 Å². The minimum atomic E-state index is -3.67. The van der Waals surface area contributed by atoms with Gasteiger partial charge in [-0.2, -0.15) is 5.10 Å². The molecule has 0 amide bonds. The minimum Gasteiger partial charge on any atom is -0.450 e. The Morgan fingerprint density at radius 1 is 1.55 bits per heavy atom. The van der Waals surface area contributed by atoms with Crippen LogP contribution in [0.1, 0.15) is 11.3 Å². The summed E-state index contributed by atoms with van der Waals surface area (Å²) in [6, 6.07) is 1.29. The van der Waals surface area contributed by atoms with E-state index >= 15 is 0 Å². The molecule has 0 radical (unpaired) electrons. The van der Waals surface area contributed by atoms with Crippen LogP contribution < -0.4 is 4.72 Å². The number of furan rings is 1. The van der Waals surface area contributed by atoms with E-state index < -0.39 is 10.0 Å². The van der Waals surface area contributed by atoms with Crippen molar-refractivity contribution in [2.24, 2.45) is 7.05 Å². The average molecular weight is 364 g/mol. The molecule has 110 valence electrons. The number of sulfonamides is 1. The number of aromatic nitrogens is 2. The average Bonchev–Trinajstić information content (AvgIpc) is 2.95. The molecular formula is C11H14BrN3O4S. The van der Waals surface area contributed by atoms with Crippen molar-refractivity contribution in [3.05, 3.63) is 34.5 Å². The number of aliphatic hydroxyl groups is 1. The van der Waals surface area contributed by atoms with Crippen LogP contribution >= 0.6 is 15.9 Å². The maximum absolute atomic E-state index is 12.1. The number of hydrogen-bond donors (Lipinski definition) is 2. The fraction of sp³-hybridized carbons (Fsp3) is 0.364. The van der Waals surface area contributed by atoms with Crippen LogP contribution in [0.5, 0.6) is 0 Å². The molecule has 0 unspecified atom stereocenters. The van der Waals surface area contributed by atoms with Crippen molar-refractivity contribution in [1.29, 1.82) is 0 Å². The van der Waals surface area contributed by atoms with E-state index in [1.54, 1.807) is 17.9 Å². The van der Waals surface area contributed by atoms with E-state index in [1.807, 2.05) is 6.20 Å². The van der Waals surface area contributed by atoms with Gasteiger partial charge >= 0.3 is 0 Å². The van der Waals surface area contributed by atoms with E-state index in [0.717, 1.165) is 5.56 Å². The number of halogens is 1. The third-order valence-corrected chi connectivity index (χ3v) is 4.93. The van der Waals surface area contributed by atoms with E-state index in [1.165, 1.54) is 6.07 Å². The topological polar surface area (TPSA) is 97.4 Å². The summed E-state index contributed by atoms with van der Waals surface area (Å²) < 4.78 is 33.4. The first-order valence-electron chi connectivity index (χ1n) is 5.78. The van der Waals surface area contributed by atoms with Crippen LogP contribution in [0.2, 0.25) is 0 Å². The van der Waals surface area contributed by atoms with Crippen molar-refractivity contribution < 1.29 is 17.9 Å². The zero-order valence-electron chi connectivity index (χ0n) is 10.7. The molecule has 9 heteroatoms. The summed E-state index contributed by atoms with van der Waals surface area (Å²) in [5, 5.41) is 12.9. The highest BCUT2D eigenvalue weighted by Crippen LogP contribution is 2.25. The predicted molar refractivity (Wildman–Crippen MR) is 74.4 cm³/mol. The molecule has 20 heavy (non-hydrogen) atoms. The Morgan fingerprint density at radius 2 is 2.30 bits per heavy atom. The lowest BCUT2D eigenvalue weighted by Crippen LogP contribution is -2.25. The lowest BCUT2D eigenvalue weighted by molar-refractivity contribution is 0.245. The van der Waals surface area contributed by atoms with Crippen molar-refractivity contribution in [2.45, 2.75) is 17.9 Å². The molecule has 0 atom stereocenters. The van der Waals surface area contributed by atoms with Crippen LogP contribution in [0.4, 0.5) is 0 Å². The Balaban J connectivity index is 2.01. The highest BCUT2D eigenvalue weighted by molar-refractivity contribution is 9.10. The Kier molecular flexibility index (Phi) is 4.63. The van der Waals surface area contributed by atoms with Gasteiger partial charge in [-0.15, -0.1) is 0 Å². The fourth-order valence-corrected chi connectivity index (χ4v) is 3.69. The zero-order chi connectivity index (χ0) is 14.8. The highest BCUT2D eigenvalue weighted by atomic mass is 79.9. The van der Waals surface area contributed by atoms with Gasteiger partial charge in [0.15, 0.2) is 4.67 Å². The first-order chi connectivity index (χ1) is 9.42. The van der Waals surface area contributed by atoms with E-state index in [4.69, 9.17) is 9.52 Å². The summed E-state index contributed by atoms with van der Waals surface area (Å²) in [7, 11) is -1.87. The molecule has 0 spiro atoms. The summed E-state index contributed by atoms with van der Waals surface area (Å²) in [5.41, 5.74) is 0.942. The van der Waals surface area contributed by atoms with Gasteiger partial charge < -0.3 is 9.52 Å². The standard InChI is InChI=1S/C11H14BrN3O4S/c1-15-6-8(5-13-15)2-3-14-20(17,18)10-4-9(7-16)19-11(10)12/h4-6,14,16H,2-3,7H2,1H3. The molecule has 0 aromatic carbocycles. The van der Waals surface area contributed by atoms with Gasteiger partial charge in [-0.1, -0.05) is 0 Å². The number of aryl methyl sites for hydroxylation is 1. The Bertz CT molecular complexity index is 692. The third-order valence-electron chi connectivity index (χ3n) is 2.62. The van der Waals surface area contributed by atoms with Gasteiger partial charge in [-0.3, -0.25) is 4.68 Å². The molecule has 2 aromatic heterocycles. The molecule has 2 N–H and O–H groups in total. The molecule has 0 saturated carbocycles. The third kappa shape index (κ3) is 3.48. The van der Waals surface area contributed by atoms with Crippen LogP contribution in [0, 0.1) is 0 Å². The Labute approximate surface area is 124 Å². The van der Waals surface area contributed by atoms with Crippen LogP contribution in [-0.4, -0.2) is 29.8 Å². The quantitative estimate of drug-likeness (QED) is 0.790. The zero-order valence-corrected chi connectivity index (χ0v) is 13.1. The van der Waals surface area contributed by atoms with Gasteiger partial charge in [-0.05, 0) is 27.9 Å². The predicted octanol–water partition coefficient (Wildman–Crippen LogP) is 0.789. The minimum absolute atomic E-state index is 0.0206. The molecule has 0 aliphatic heterocycles. The molecule has 0 aliphatic carbocycles. The van der Waals surface area contributed by atoms with Crippen molar-refractivity contribution in [2.75, 3.05) is 6.54 Å². The van der Waals surface area contributed by atoms with Gasteiger partial charge in [0, 0.05) is 25.9 Å². The largest absolute Gasteiger partial charge is 0.450 e. The summed E-state index contributed by atoms with van der Waals surface area (Å²) in [5.74, 6) is 0.185. The lowest BCUT2D eigenvalue weighted by Gasteiger charge is -2.03. The van der Waals surface area contributed by atoms with Crippen LogP contribution in [0.15, 0.2) is 32.4 Å². The molecule has 0 fully saturated rings. The highest BCUT2D eigenvalue weighted by Gasteiger charge is 2.21. The van der Waals surface area contributed by atoms with E-state index in [-0.39, 0.29) is 28.5 Å². The van der Waals surface area contributed by atoms with Crippen LogP contribution in [0.3, 0.4) is 0 Å². The van der Waals surface area contributed by atoms with Crippen LogP contribution in [-0.2, 0) is 30.1 Å². The van der Waals surface area contributed by atoms with Gasteiger partial charge in [-0.25, -0.2) is 13.1 Å². The first kappa shape index (κ1) is 15.2. The smallest absolute Gasteiger partial charge is 0.244 e. The van der Waals surface area contributed by atoms with Gasteiger partial charge in [0.25, 0.3) is 0 Å². The molecule has 2 aromatic rings. The van der Waals surface area contributed by atoms with E-state index in [2.05, 4.69) is 25.8 Å². The second-order valence-corrected chi connectivity index (χ2v) is 6.63. The van der Waals surface area contributed by atoms with Crippen molar-refractivity contribution >= 4 is 26.0 Å². The molecule has 0 bridgehead atoms. The maximum Gasteiger partial charge on any atom is 0.244 e. The van der Waals surface area contributed by atoms with Gasteiger partial charge in [0.05, 0.1) is 6.20 Å². The number of aliphatic hydroxyl groups excluding tert-OH is 1. The normalized spacial score (nSPS) is 11.9. The Hall–Kier alpha value is -1.16. The lowest BCUT2D eigenvalue weighted by atomic mass is 10.3. The number of nitrogens with zero attached hydrogens (tertiary/aromatic N) is 2. The summed E-state index contributed by atoms with van der Waals surface area (Å²) in [6.45, 7) is -0.107. The molecule has 2 rings (SSSR count). The monoisotopic (exact) mass is 363 g/mol. The summed E-state index contributed by atoms with van der Waals surface area (Å²) >= 11 is 3.02. The van der Waals surface area contributed by atoms with Crippen molar-refractivity contribution in [1.82, 2.24) is 14.5 Å². The summed E-state index contributed by atoms with van der Waals surface area (Å²) in [4.78, 5) is -0.0206. The Morgan fingerprint density at radius 3 is 2.85 bits per heavy atom. The first-order valence-corrected chi connectivity index (χ1v) is 8.06. The maximum atomic E-state index is 12.1. The van der Waals surface area contributed by atoms with Gasteiger partial charge in [0.1, 0.15) is 17.3 Å².